The van der Waals surface area contributed by atoms with Crippen LogP contribution in [0.5, 0.6) is 0 Å². The molecule has 1 atom stereocenters. The summed E-state index contributed by atoms with van der Waals surface area (Å²) < 4.78 is 19.9. The Morgan fingerprint density at radius 3 is 2.62 bits per heavy atom. The lowest BCUT2D eigenvalue weighted by Gasteiger charge is -2.20. The highest BCUT2D eigenvalue weighted by Crippen LogP contribution is 2.17. The minimum atomic E-state index is -1.07. The van der Waals surface area contributed by atoms with Gasteiger partial charge in [-0.25, -0.2) is 9.59 Å². The Balaban J connectivity index is 1.90. The highest BCUT2D eigenvalue weighted by Gasteiger charge is 2.22. The Morgan fingerprint density at radius 1 is 1.29 bits per heavy atom. The first-order valence-electron chi connectivity index (χ1n) is 6.41. The van der Waals surface area contributed by atoms with Crippen LogP contribution in [0.3, 0.4) is 0 Å². The van der Waals surface area contributed by atoms with Crippen molar-refractivity contribution in [1.82, 2.24) is 4.98 Å². The van der Waals surface area contributed by atoms with Gasteiger partial charge in [0.15, 0.2) is 5.58 Å². The van der Waals surface area contributed by atoms with E-state index in [-0.39, 0.29) is 5.69 Å². The lowest BCUT2D eigenvalue weighted by Crippen LogP contribution is -2.28. The summed E-state index contributed by atoms with van der Waals surface area (Å²) in [5.74, 6) is -0.655. The van der Waals surface area contributed by atoms with Gasteiger partial charge in [-0.2, -0.15) is 0 Å². The van der Waals surface area contributed by atoms with Crippen molar-refractivity contribution in [3.05, 3.63) is 24.1 Å². The molecule has 0 aliphatic rings. The molecule has 7 heteroatoms. The van der Waals surface area contributed by atoms with Crippen LogP contribution in [-0.2, 0) is 14.2 Å². The highest BCUT2D eigenvalue weighted by atomic mass is 16.8. The van der Waals surface area contributed by atoms with Crippen molar-refractivity contribution in [3.63, 3.8) is 0 Å². The topological polar surface area (TPSA) is 90.8 Å². The average molecular weight is 295 g/mol. The number of carbonyl (C=O) groups excluding carboxylic acids is 2. The third kappa shape index (κ3) is 4.01. The summed E-state index contributed by atoms with van der Waals surface area (Å²) in [6.07, 6.45) is -0.463. The van der Waals surface area contributed by atoms with Crippen LogP contribution in [-0.4, -0.2) is 29.0 Å². The number of rotatable bonds is 3. The van der Waals surface area contributed by atoms with Crippen LogP contribution < -0.4 is 0 Å². The van der Waals surface area contributed by atoms with Crippen LogP contribution in [0, 0.1) is 0 Å². The predicted octanol–water partition coefficient (Wildman–Crippen LogP) is 3.22. The smallest absolute Gasteiger partial charge is 0.463 e. The van der Waals surface area contributed by atoms with Gasteiger partial charge in [-0.3, -0.25) is 0 Å². The average Bonchev–Trinajstić information content (AvgIpc) is 2.84. The van der Waals surface area contributed by atoms with Crippen molar-refractivity contribution in [2.24, 2.45) is 0 Å². The van der Waals surface area contributed by atoms with Gasteiger partial charge in [-0.05, 0) is 20.8 Å². The predicted molar refractivity (Wildman–Crippen MR) is 72.8 cm³/mol. The lowest BCUT2D eigenvalue weighted by molar-refractivity contribution is -0.0976. The van der Waals surface area contributed by atoms with Gasteiger partial charge in [0.2, 0.25) is 6.29 Å². The van der Waals surface area contributed by atoms with E-state index in [9.17, 15) is 9.59 Å². The number of aromatic amines is 1. The zero-order valence-corrected chi connectivity index (χ0v) is 12.3. The first-order chi connectivity index (χ1) is 9.74. The summed E-state index contributed by atoms with van der Waals surface area (Å²) in [6, 6.07) is 3.20. The summed E-state index contributed by atoms with van der Waals surface area (Å²) in [4.78, 5) is 26.1. The zero-order valence-electron chi connectivity index (χ0n) is 12.3. The Hall–Kier alpha value is -2.44. The number of hydrogen-bond donors (Lipinski definition) is 1. The van der Waals surface area contributed by atoms with Crippen molar-refractivity contribution in [3.8, 4) is 0 Å². The van der Waals surface area contributed by atoms with E-state index in [1.165, 1.54) is 19.3 Å². The van der Waals surface area contributed by atoms with Crippen LogP contribution in [0.1, 0.15) is 38.2 Å². The molecule has 0 fully saturated rings. The maximum Gasteiger partial charge on any atom is 0.511 e. The molecule has 2 aromatic heterocycles. The summed E-state index contributed by atoms with van der Waals surface area (Å²) in [5, 5.41) is 0. The van der Waals surface area contributed by atoms with Gasteiger partial charge in [0, 0.05) is 19.1 Å². The standard InChI is InChI=1S/C14H17NO6/c1-8(20-13(17)21-14(2,3)4)19-12(16)10-7-11-9(15-10)5-6-18-11/h5-8,15H,1-4H3. The van der Waals surface area contributed by atoms with E-state index < -0.39 is 24.0 Å². The van der Waals surface area contributed by atoms with Crippen molar-refractivity contribution in [2.45, 2.75) is 39.6 Å². The normalized spacial score (nSPS) is 13.0. The molecule has 1 unspecified atom stereocenters. The van der Waals surface area contributed by atoms with Gasteiger partial charge >= 0.3 is 12.1 Å². The van der Waals surface area contributed by atoms with Crippen LogP contribution in [0.2, 0.25) is 0 Å². The lowest BCUT2D eigenvalue weighted by atomic mass is 10.2. The van der Waals surface area contributed by atoms with Crippen molar-refractivity contribution in [1.29, 1.82) is 0 Å². The summed E-state index contributed by atoms with van der Waals surface area (Å²) in [7, 11) is 0. The summed E-state index contributed by atoms with van der Waals surface area (Å²) >= 11 is 0. The third-order valence-corrected chi connectivity index (χ3v) is 2.38. The van der Waals surface area contributed by atoms with Crippen LogP contribution in [0.4, 0.5) is 4.79 Å². The van der Waals surface area contributed by atoms with Crippen molar-refractivity contribution in [2.75, 3.05) is 0 Å². The van der Waals surface area contributed by atoms with Crippen LogP contribution in [0.25, 0.3) is 11.1 Å². The molecule has 0 amide bonds. The fourth-order valence-corrected chi connectivity index (χ4v) is 1.61. The molecule has 114 valence electrons. The summed E-state index contributed by atoms with van der Waals surface area (Å²) in [5.41, 5.74) is 0.763. The quantitative estimate of drug-likeness (QED) is 0.690. The number of H-pyrrole nitrogens is 1. The Kier molecular flexibility index (Phi) is 3.93. The maximum atomic E-state index is 11.9. The zero-order chi connectivity index (χ0) is 15.6. The molecule has 0 aromatic carbocycles. The molecule has 2 heterocycles. The fourth-order valence-electron chi connectivity index (χ4n) is 1.61. The van der Waals surface area contributed by atoms with Gasteiger partial charge in [0.05, 0.1) is 11.8 Å². The van der Waals surface area contributed by atoms with Gasteiger partial charge < -0.3 is 23.6 Å². The van der Waals surface area contributed by atoms with Crippen molar-refractivity contribution >= 4 is 23.2 Å². The number of hydrogen-bond acceptors (Lipinski definition) is 6. The molecule has 2 rings (SSSR count). The van der Waals surface area contributed by atoms with E-state index in [1.807, 2.05) is 0 Å². The number of furan rings is 1. The second kappa shape index (κ2) is 5.51. The SMILES string of the molecule is CC(OC(=O)OC(C)(C)C)OC(=O)c1cc2occc2[nH]1. The molecular formula is C14H17NO6. The molecule has 21 heavy (non-hydrogen) atoms. The number of carbonyl (C=O) groups is 2. The fraction of sp³-hybridized carbons (Fsp3) is 0.429. The third-order valence-electron chi connectivity index (χ3n) is 2.38. The maximum absolute atomic E-state index is 11.9. The van der Waals surface area contributed by atoms with Gasteiger partial charge in [-0.15, -0.1) is 0 Å². The molecule has 0 saturated heterocycles. The molecule has 0 bridgehead atoms. The number of ether oxygens (including phenoxy) is 3. The van der Waals surface area contributed by atoms with E-state index in [4.69, 9.17) is 18.6 Å². The summed E-state index contributed by atoms with van der Waals surface area (Å²) in [6.45, 7) is 6.55. The van der Waals surface area contributed by atoms with Gasteiger partial charge in [0.1, 0.15) is 11.3 Å². The molecule has 2 aromatic rings. The Morgan fingerprint density at radius 2 is 2.00 bits per heavy atom. The number of nitrogens with one attached hydrogen (secondary N) is 1. The number of esters is 1. The van der Waals surface area contributed by atoms with Gasteiger partial charge in [-0.1, -0.05) is 0 Å². The molecule has 0 saturated carbocycles. The Bertz CT molecular complexity index is 619. The first-order valence-corrected chi connectivity index (χ1v) is 6.41. The van der Waals surface area contributed by atoms with Crippen LogP contribution >= 0.6 is 0 Å². The van der Waals surface area contributed by atoms with E-state index in [1.54, 1.807) is 26.8 Å². The number of aromatic nitrogens is 1. The van der Waals surface area contributed by atoms with Crippen molar-refractivity contribution < 1.29 is 28.2 Å². The van der Waals surface area contributed by atoms with E-state index in [0.717, 1.165) is 0 Å². The van der Waals surface area contributed by atoms with Crippen LogP contribution in [0.15, 0.2) is 22.8 Å². The molecule has 1 N–H and O–H groups in total. The van der Waals surface area contributed by atoms with Gasteiger partial charge in [0.25, 0.3) is 0 Å². The highest BCUT2D eigenvalue weighted by molar-refractivity contribution is 5.93. The minimum Gasteiger partial charge on any atom is -0.463 e. The molecule has 0 radical (unpaired) electrons. The minimum absolute atomic E-state index is 0.212. The second-order valence-corrected chi connectivity index (χ2v) is 5.44. The van der Waals surface area contributed by atoms with E-state index in [2.05, 4.69) is 4.98 Å². The molecule has 0 aliphatic heterocycles. The van der Waals surface area contributed by atoms with E-state index >= 15 is 0 Å². The second-order valence-electron chi connectivity index (χ2n) is 5.44. The number of fused-ring (bicyclic) bond motifs is 1. The molecular weight excluding hydrogens is 278 g/mol. The largest absolute Gasteiger partial charge is 0.511 e. The molecule has 7 nitrogen and oxygen atoms in total. The first kappa shape index (κ1) is 15.0. The molecule has 0 spiro atoms. The van der Waals surface area contributed by atoms with E-state index in [0.29, 0.717) is 11.1 Å². The molecule has 0 aliphatic carbocycles. The Labute approximate surface area is 121 Å². The monoisotopic (exact) mass is 295 g/mol.